The average Bonchev–Trinajstić information content (AvgIpc) is 2.43. The van der Waals surface area contributed by atoms with Gasteiger partial charge in [-0.15, -0.1) is 0 Å². The van der Waals surface area contributed by atoms with Crippen molar-refractivity contribution in [1.82, 2.24) is 5.32 Å². The van der Waals surface area contributed by atoms with E-state index in [1.54, 1.807) is 18.7 Å². The second kappa shape index (κ2) is 8.32. The molecule has 2 N–H and O–H groups in total. The van der Waals surface area contributed by atoms with E-state index in [2.05, 4.69) is 24.4 Å². The van der Waals surface area contributed by atoms with Crippen molar-refractivity contribution in [2.75, 3.05) is 18.6 Å². The lowest BCUT2D eigenvalue weighted by atomic mass is 9.93. The largest absolute Gasteiger partial charge is 0.387 e. The van der Waals surface area contributed by atoms with Gasteiger partial charge in [0.2, 0.25) is 5.91 Å². The maximum Gasteiger partial charge on any atom is 0.220 e. The number of thioether (sulfide) groups is 1. The molecule has 0 bridgehead atoms. The average molecular weight is 295 g/mol. The molecule has 1 amide bonds. The number of nitrogens with one attached hydrogen (secondary N) is 1. The standard InChI is InChI=1S/C16H25NO2S/c1-4-13(14-8-6-5-7-9-14)10-15(18)17-11-16(2,19)12-20-3/h5-9,13,19H,4,10-12H2,1-3H3,(H,17,18). The first-order valence-electron chi connectivity index (χ1n) is 7.01. The molecule has 2 atom stereocenters. The lowest BCUT2D eigenvalue weighted by Crippen LogP contribution is -2.42. The van der Waals surface area contributed by atoms with Crippen molar-refractivity contribution in [3.63, 3.8) is 0 Å². The maximum absolute atomic E-state index is 12.0. The Morgan fingerprint density at radius 3 is 2.60 bits per heavy atom. The highest BCUT2D eigenvalue weighted by Gasteiger charge is 2.21. The number of hydrogen-bond donors (Lipinski definition) is 2. The fraction of sp³-hybridized carbons (Fsp3) is 0.562. The minimum absolute atomic E-state index is 0.00193. The Balaban J connectivity index is 2.48. The number of amides is 1. The number of rotatable bonds is 8. The van der Waals surface area contributed by atoms with Gasteiger partial charge in [0, 0.05) is 18.7 Å². The Bertz CT molecular complexity index is 406. The van der Waals surface area contributed by atoms with Gasteiger partial charge in [0.25, 0.3) is 0 Å². The molecule has 2 unspecified atom stereocenters. The molecule has 0 heterocycles. The zero-order valence-electron chi connectivity index (χ0n) is 12.6. The van der Waals surface area contributed by atoms with Crippen LogP contribution in [0.2, 0.25) is 0 Å². The third-order valence-electron chi connectivity index (χ3n) is 3.32. The van der Waals surface area contributed by atoms with Crippen molar-refractivity contribution in [2.45, 2.75) is 38.2 Å². The molecular formula is C16H25NO2S. The highest BCUT2D eigenvalue weighted by molar-refractivity contribution is 7.98. The summed E-state index contributed by atoms with van der Waals surface area (Å²) in [5, 5.41) is 12.9. The first-order chi connectivity index (χ1) is 9.48. The van der Waals surface area contributed by atoms with E-state index in [9.17, 15) is 9.90 Å². The topological polar surface area (TPSA) is 49.3 Å². The van der Waals surface area contributed by atoms with Gasteiger partial charge in [0.05, 0.1) is 5.60 Å². The summed E-state index contributed by atoms with van der Waals surface area (Å²) in [6.45, 7) is 4.14. The maximum atomic E-state index is 12.0. The van der Waals surface area contributed by atoms with Gasteiger partial charge in [0.1, 0.15) is 0 Å². The molecule has 4 heteroatoms. The molecule has 0 aliphatic carbocycles. The van der Waals surface area contributed by atoms with E-state index >= 15 is 0 Å². The van der Waals surface area contributed by atoms with Gasteiger partial charge >= 0.3 is 0 Å². The summed E-state index contributed by atoms with van der Waals surface area (Å²) in [5.41, 5.74) is 0.352. The van der Waals surface area contributed by atoms with Crippen molar-refractivity contribution in [3.05, 3.63) is 35.9 Å². The summed E-state index contributed by atoms with van der Waals surface area (Å²) in [6.07, 6.45) is 3.34. The van der Waals surface area contributed by atoms with Crippen LogP contribution in [0, 0.1) is 0 Å². The van der Waals surface area contributed by atoms with E-state index in [4.69, 9.17) is 0 Å². The summed E-state index contributed by atoms with van der Waals surface area (Å²) < 4.78 is 0. The molecule has 1 aromatic rings. The first-order valence-corrected chi connectivity index (χ1v) is 8.41. The molecule has 0 spiro atoms. The molecule has 0 saturated carbocycles. The SMILES string of the molecule is CCC(CC(=O)NCC(C)(O)CSC)c1ccccc1. The number of aliphatic hydroxyl groups is 1. The van der Waals surface area contributed by atoms with E-state index in [0.29, 0.717) is 18.7 Å². The quantitative estimate of drug-likeness (QED) is 0.775. The predicted molar refractivity (Wildman–Crippen MR) is 86.1 cm³/mol. The van der Waals surface area contributed by atoms with Crippen LogP contribution in [0.25, 0.3) is 0 Å². The van der Waals surface area contributed by atoms with Crippen molar-refractivity contribution >= 4 is 17.7 Å². The molecule has 0 aliphatic heterocycles. The molecule has 0 aromatic heterocycles. The van der Waals surface area contributed by atoms with Crippen LogP contribution in [-0.4, -0.2) is 35.2 Å². The molecule has 0 fully saturated rings. The highest BCUT2D eigenvalue weighted by atomic mass is 32.2. The van der Waals surface area contributed by atoms with Crippen LogP contribution in [0.3, 0.4) is 0 Å². The molecule has 0 radical (unpaired) electrons. The lowest BCUT2D eigenvalue weighted by Gasteiger charge is -2.23. The van der Waals surface area contributed by atoms with Crippen molar-refractivity contribution in [2.24, 2.45) is 0 Å². The first kappa shape index (κ1) is 17.1. The minimum atomic E-state index is -0.844. The summed E-state index contributed by atoms with van der Waals surface area (Å²) in [7, 11) is 0. The lowest BCUT2D eigenvalue weighted by molar-refractivity contribution is -0.122. The Morgan fingerprint density at radius 2 is 2.05 bits per heavy atom. The van der Waals surface area contributed by atoms with E-state index in [1.807, 2.05) is 24.5 Å². The van der Waals surface area contributed by atoms with Gasteiger partial charge in [-0.05, 0) is 31.1 Å². The Kier molecular flexibility index (Phi) is 7.10. The molecule has 112 valence electrons. The molecule has 3 nitrogen and oxygen atoms in total. The third kappa shape index (κ3) is 5.97. The van der Waals surface area contributed by atoms with Crippen LogP contribution >= 0.6 is 11.8 Å². The molecular weight excluding hydrogens is 270 g/mol. The number of carbonyl (C=O) groups excluding carboxylic acids is 1. The number of carbonyl (C=O) groups is 1. The minimum Gasteiger partial charge on any atom is -0.387 e. The fourth-order valence-corrected chi connectivity index (χ4v) is 2.89. The second-order valence-electron chi connectivity index (χ2n) is 5.43. The van der Waals surface area contributed by atoms with E-state index in [-0.39, 0.29) is 11.8 Å². The van der Waals surface area contributed by atoms with Crippen molar-refractivity contribution in [3.8, 4) is 0 Å². The van der Waals surface area contributed by atoms with E-state index in [1.165, 1.54) is 5.56 Å². The zero-order chi connectivity index (χ0) is 15.0. The summed E-state index contributed by atoms with van der Waals surface area (Å²) in [4.78, 5) is 12.0. The number of hydrogen-bond acceptors (Lipinski definition) is 3. The van der Waals surface area contributed by atoms with Gasteiger partial charge in [-0.3, -0.25) is 4.79 Å². The van der Waals surface area contributed by atoms with Crippen LogP contribution in [0.4, 0.5) is 0 Å². The van der Waals surface area contributed by atoms with Crippen LogP contribution in [-0.2, 0) is 4.79 Å². The van der Waals surface area contributed by atoms with Crippen LogP contribution in [0.15, 0.2) is 30.3 Å². The number of benzene rings is 1. The Labute approximate surface area is 126 Å². The van der Waals surface area contributed by atoms with Gasteiger partial charge in [-0.25, -0.2) is 0 Å². The van der Waals surface area contributed by atoms with Gasteiger partial charge < -0.3 is 10.4 Å². The van der Waals surface area contributed by atoms with Crippen LogP contribution in [0.1, 0.15) is 38.2 Å². The molecule has 20 heavy (non-hydrogen) atoms. The van der Waals surface area contributed by atoms with Gasteiger partial charge in [0.15, 0.2) is 0 Å². The predicted octanol–water partition coefficient (Wildman–Crippen LogP) is 2.80. The molecule has 0 aliphatic rings. The second-order valence-corrected chi connectivity index (χ2v) is 6.29. The van der Waals surface area contributed by atoms with E-state index < -0.39 is 5.60 Å². The third-order valence-corrected chi connectivity index (χ3v) is 4.23. The van der Waals surface area contributed by atoms with E-state index in [0.717, 1.165) is 6.42 Å². The van der Waals surface area contributed by atoms with Gasteiger partial charge in [-0.1, -0.05) is 37.3 Å². The monoisotopic (exact) mass is 295 g/mol. The van der Waals surface area contributed by atoms with Crippen molar-refractivity contribution < 1.29 is 9.90 Å². The smallest absolute Gasteiger partial charge is 0.220 e. The Hall–Kier alpha value is -1.00. The van der Waals surface area contributed by atoms with Crippen LogP contribution < -0.4 is 5.32 Å². The van der Waals surface area contributed by atoms with Crippen LogP contribution in [0.5, 0.6) is 0 Å². The Morgan fingerprint density at radius 1 is 1.40 bits per heavy atom. The van der Waals surface area contributed by atoms with Crippen molar-refractivity contribution in [1.29, 1.82) is 0 Å². The summed E-state index contributed by atoms with van der Waals surface area (Å²) in [5.74, 6) is 0.854. The summed E-state index contributed by atoms with van der Waals surface area (Å²) >= 11 is 1.57. The highest BCUT2D eigenvalue weighted by Crippen LogP contribution is 2.22. The van der Waals surface area contributed by atoms with Gasteiger partial charge in [-0.2, -0.15) is 11.8 Å². The fourth-order valence-electron chi connectivity index (χ4n) is 2.17. The summed E-state index contributed by atoms with van der Waals surface area (Å²) in [6, 6.07) is 10.1. The zero-order valence-corrected chi connectivity index (χ0v) is 13.4. The molecule has 1 rings (SSSR count). The molecule has 1 aromatic carbocycles. The molecule has 0 saturated heterocycles. The normalized spacial score (nSPS) is 15.4.